The molecule has 31 heavy (non-hydrogen) atoms. The number of carbonyl (C=O) groups is 2. The van der Waals surface area contributed by atoms with Crippen molar-refractivity contribution < 1.29 is 18.7 Å². The van der Waals surface area contributed by atoms with Crippen molar-refractivity contribution in [1.82, 2.24) is 14.7 Å². The molecule has 1 aliphatic heterocycles. The van der Waals surface area contributed by atoms with Crippen LogP contribution < -0.4 is 0 Å². The van der Waals surface area contributed by atoms with Gasteiger partial charge in [-0.3, -0.25) is 14.5 Å². The van der Waals surface area contributed by atoms with Crippen LogP contribution in [-0.2, 0) is 27.4 Å². The minimum Gasteiger partial charge on any atom is -0.379 e. The number of thiophene rings is 1. The first-order chi connectivity index (χ1) is 14.9. The smallest absolute Gasteiger partial charge is 0.242 e. The van der Waals surface area contributed by atoms with Gasteiger partial charge in [-0.05, 0) is 36.8 Å². The van der Waals surface area contributed by atoms with E-state index in [1.807, 2.05) is 19.1 Å². The molecule has 0 N–H and O–H groups in total. The summed E-state index contributed by atoms with van der Waals surface area (Å²) in [5, 5.41) is 0. The van der Waals surface area contributed by atoms with Gasteiger partial charge in [0.15, 0.2) is 0 Å². The maximum atomic E-state index is 13.3. The maximum absolute atomic E-state index is 13.3. The highest BCUT2D eigenvalue weighted by Gasteiger charge is 2.21. The summed E-state index contributed by atoms with van der Waals surface area (Å²) in [6, 6.07) is 10.2. The molecule has 0 atom stereocenters. The van der Waals surface area contributed by atoms with Crippen molar-refractivity contribution in [1.29, 1.82) is 0 Å². The van der Waals surface area contributed by atoms with E-state index in [1.165, 1.54) is 23.9 Å². The Labute approximate surface area is 187 Å². The number of halogens is 1. The summed E-state index contributed by atoms with van der Waals surface area (Å²) in [7, 11) is 0. The van der Waals surface area contributed by atoms with Crippen molar-refractivity contribution in [3.05, 3.63) is 57.5 Å². The lowest BCUT2D eigenvalue weighted by molar-refractivity contribution is -0.140. The molecule has 1 aromatic heterocycles. The lowest BCUT2D eigenvalue weighted by Crippen LogP contribution is -2.46. The van der Waals surface area contributed by atoms with Crippen LogP contribution in [0.3, 0.4) is 0 Å². The molecule has 6 nitrogen and oxygen atoms in total. The Balaban J connectivity index is 1.66. The molecule has 1 fully saturated rings. The van der Waals surface area contributed by atoms with E-state index in [9.17, 15) is 14.0 Å². The van der Waals surface area contributed by atoms with Gasteiger partial charge in [-0.1, -0.05) is 12.1 Å². The number of nitrogens with zero attached hydrogens (tertiary/aromatic N) is 3. The fourth-order valence-electron chi connectivity index (χ4n) is 3.50. The van der Waals surface area contributed by atoms with Crippen molar-refractivity contribution in [3.8, 4) is 0 Å². The van der Waals surface area contributed by atoms with Gasteiger partial charge in [0, 0.05) is 49.4 Å². The number of benzene rings is 1. The minimum absolute atomic E-state index is 0.0330. The maximum Gasteiger partial charge on any atom is 0.242 e. The van der Waals surface area contributed by atoms with Crippen LogP contribution in [0.25, 0.3) is 0 Å². The van der Waals surface area contributed by atoms with Crippen molar-refractivity contribution in [3.63, 3.8) is 0 Å². The third-order valence-electron chi connectivity index (χ3n) is 5.34. The van der Waals surface area contributed by atoms with E-state index in [0.29, 0.717) is 32.8 Å². The van der Waals surface area contributed by atoms with Gasteiger partial charge in [0.2, 0.25) is 11.8 Å². The Hall–Kier alpha value is -2.29. The summed E-state index contributed by atoms with van der Waals surface area (Å²) >= 11 is 1.65. The molecular formula is C23H30FN3O3S. The molecule has 3 rings (SSSR count). The SMILES string of the molecule is CC(=O)N(CCN1CCOCC1)CC(=O)N(Cc1ccc(F)cc1)Cc1ccc(C)s1. The van der Waals surface area contributed by atoms with Crippen molar-refractivity contribution in [2.45, 2.75) is 26.9 Å². The van der Waals surface area contributed by atoms with E-state index < -0.39 is 0 Å². The number of aryl methyl sites for hydroxylation is 1. The molecule has 0 saturated carbocycles. The van der Waals surface area contributed by atoms with Crippen LogP contribution in [0.2, 0.25) is 0 Å². The molecular weight excluding hydrogens is 417 g/mol. The van der Waals surface area contributed by atoms with Gasteiger partial charge < -0.3 is 14.5 Å². The first-order valence-electron chi connectivity index (χ1n) is 10.5. The fraction of sp³-hybridized carbons (Fsp3) is 0.478. The molecule has 0 radical (unpaired) electrons. The van der Waals surface area contributed by atoms with Crippen LogP contribution in [0, 0.1) is 12.7 Å². The van der Waals surface area contributed by atoms with Gasteiger partial charge in [-0.15, -0.1) is 11.3 Å². The topological polar surface area (TPSA) is 53.1 Å². The predicted molar refractivity (Wildman–Crippen MR) is 119 cm³/mol. The first-order valence-corrected chi connectivity index (χ1v) is 11.4. The zero-order chi connectivity index (χ0) is 22.2. The zero-order valence-electron chi connectivity index (χ0n) is 18.2. The van der Waals surface area contributed by atoms with E-state index in [4.69, 9.17) is 4.74 Å². The summed E-state index contributed by atoms with van der Waals surface area (Å²) in [4.78, 5) is 33.3. The van der Waals surface area contributed by atoms with Gasteiger partial charge in [0.05, 0.1) is 26.3 Å². The highest BCUT2D eigenvalue weighted by Crippen LogP contribution is 2.19. The third-order valence-corrected chi connectivity index (χ3v) is 6.33. The number of morpholine rings is 1. The Morgan fingerprint density at radius 3 is 2.39 bits per heavy atom. The van der Waals surface area contributed by atoms with Crippen molar-refractivity contribution in [2.24, 2.45) is 0 Å². The van der Waals surface area contributed by atoms with E-state index >= 15 is 0 Å². The Kier molecular flexibility index (Phi) is 8.57. The van der Waals surface area contributed by atoms with Crippen molar-refractivity contribution in [2.75, 3.05) is 45.9 Å². The van der Waals surface area contributed by atoms with Gasteiger partial charge in [0.1, 0.15) is 5.82 Å². The normalized spacial score (nSPS) is 14.4. The van der Waals surface area contributed by atoms with Gasteiger partial charge in [0.25, 0.3) is 0 Å². The third kappa shape index (κ3) is 7.41. The molecule has 1 aliphatic rings. The summed E-state index contributed by atoms with van der Waals surface area (Å²) in [5.41, 5.74) is 0.853. The van der Waals surface area contributed by atoms with Crippen molar-refractivity contribution >= 4 is 23.2 Å². The Bertz CT molecular complexity index is 865. The monoisotopic (exact) mass is 447 g/mol. The lowest BCUT2D eigenvalue weighted by atomic mass is 10.2. The van der Waals surface area contributed by atoms with E-state index in [-0.39, 0.29) is 24.2 Å². The Morgan fingerprint density at radius 2 is 1.77 bits per heavy atom. The average molecular weight is 448 g/mol. The van der Waals surface area contributed by atoms with Crippen LogP contribution in [0.4, 0.5) is 4.39 Å². The fourth-order valence-corrected chi connectivity index (χ4v) is 4.40. The zero-order valence-corrected chi connectivity index (χ0v) is 19.0. The molecule has 0 aliphatic carbocycles. The largest absolute Gasteiger partial charge is 0.379 e. The molecule has 8 heteroatoms. The summed E-state index contributed by atoms with van der Waals surface area (Å²) in [6.07, 6.45) is 0. The van der Waals surface area contributed by atoms with E-state index in [0.717, 1.165) is 30.1 Å². The van der Waals surface area contributed by atoms with Gasteiger partial charge in [-0.2, -0.15) is 0 Å². The second-order valence-electron chi connectivity index (χ2n) is 7.78. The molecule has 168 valence electrons. The molecule has 2 heterocycles. The predicted octanol–water partition coefficient (Wildman–Crippen LogP) is 2.91. The number of carbonyl (C=O) groups excluding carboxylic acids is 2. The van der Waals surface area contributed by atoms with Crippen LogP contribution in [0.5, 0.6) is 0 Å². The second-order valence-corrected chi connectivity index (χ2v) is 9.16. The van der Waals surface area contributed by atoms with Crippen LogP contribution in [0.1, 0.15) is 22.2 Å². The number of hydrogen-bond donors (Lipinski definition) is 0. The highest BCUT2D eigenvalue weighted by molar-refractivity contribution is 7.11. The molecule has 1 aromatic carbocycles. The molecule has 0 unspecified atom stereocenters. The lowest BCUT2D eigenvalue weighted by Gasteiger charge is -2.31. The van der Waals surface area contributed by atoms with E-state index in [2.05, 4.69) is 4.90 Å². The van der Waals surface area contributed by atoms with Gasteiger partial charge >= 0.3 is 0 Å². The molecule has 1 saturated heterocycles. The molecule has 0 bridgehead atoms. The quantitative estimate of drug-likeness (QED) is 0.593. The number of rotatable bonds is 9. The summed E-state index contributed by atoms with van der Waals surface area (Å²) < 4.78 is 18.7. The molecule has 2 amide bonds. The average Bonchev–Trinajstić information content (AvgIpc) is 3.17. The van der Waals surface area contributed by atoms with Gasteiger partial charge in [-0.25, -0.2) is 4.39 Å². The first kappa shape index (κ1) is 23.4. The standard InChI is InChI=1S/C23H30FN3O3S/c1-18-3-8-22(31-18)16-27(15-20-4-6-21(24)7-5-20)23(29)17-26(19(2)28)10-9-25-11-13-30-14-12-25/h3-8H,9-17H2,1-2H3. The van der Waals surface area contributed by atoms with E-state index in [1.54, 1.807) is 33.3 Å². The van der Waals surface area contributed by atoms with Crippen LogP contribution in [-0.4, -0.2) is 72.5 Å². The Morgan fingerprint density at radius 1 is 1.06 bits per heavy atom. The van der Waals surface area contributed by atoms with Crippen LogP contribution >= 0.6 is 11.3 Å². The molecule has 2 aromatic rings. The van der Waals surface area contributed by atoms with Crippen LogP contribution in [0.15, 0.2) is 36.4 Å². The summed E-state index contributed by atoms with van der Waals surface area (Å²) in [5.74, 6) is -0.538. The minimum atomic E-state index is -0.304. The number of hydrogen-bond acceptors (Lipinski definition) is 5. The highest BCUT2D eigenvalue weighted by atomic mass is 32.1. The number of ether oxygens (including phenoxy) is 1. The summed E-state index contributed by atoms with van der Waals surface area (Å²) in [6.45, 7) is 8.70. The number of amides is 2. The molecule has 0 spiro atoms. The second kappa shape index (κ2) is 11.4.